The van der Waals surface area contributed by atoms with E-state index in [-0.39, 0.29) is 47.0 Å². The molecular formula is C40H72N4O5. The first-order valence-electron chi connectivity index (χ1n) is 18.9. The molecule has 1 aliphatic carbocycles. The number of esters is 1. The third-order valence-electron chi connectivity index (χ3n) is 10.9. The van der Waals surface area contributed by atoms with Gasteiger partial charge in [0, 0.05) is 30.6 Å². The molecule has 0 spiro atoms. The number of methoxy groups -OCH3 is 1. The quantitative estimate of drug-likeness (QED) is 0.0908. The number of primary amides is 1. The normalized spacial score (nSPS) is 21.7. The molecule has 0 radical (unpaired) electrons. The summed E-state index contributed by atoms with van der Waals surface area (Å²) < 4.78 is 4.84. The molecule has 2 rings (SSSR count). The first-order chi connectivity index (χ1) is 22.8. The van der Waals surface area contributed by atoms with E-state index in [1.807, 2.05) is 6.92 Å². The lowest BCUT2D eigenvalue weighted by molar-refractivity contribution is -0.140. The molecule has 0 aromatic rings. The lowest BCUT2D eigenvalue weighted by Crippen LogP contribution is -2.51. The number of Topliss-reactive ketones (excluding diaryl/α,β-unsaturated/α-hetero) is 2. The minimum absolute atomic E-state index is 0.104. The molecule has 1 aliphatic heterocycles. The van der Waals surface area contributed by atoms with Gasteiger partial charge in [-0.2, -0.15) is 0 Å². The molecule has 282 valence electrons. The Morgan fingerprint density at radius 2 is 1.61 bits per heavy atom. The van der Waals surface area contributed by atoms with Gasteiger partial charge >= 0.3 is 5.97 Å². The third-order valence-corrected chi connectivity index (χ3v) is 10.9. The van der Waals surface area contributed by atoms with Crippen LogP contribution in [0.4, 0.5) is 0 Å². The van der Waals surface area contributed by atoms with E-state index in [1.54, 1.807) is 6.92 Å². The van der Waals surface area contributed by atoms with Crippen LogP contribution in [-0.2, 0) is 23.9 Å². The second kappa shape index (κ2) is 20.7. The van der Waals surface area contributed by atoms with Crippen LogP contribution >= 0.6 is 0 Å². The number of hydrogen-bond donors (Lipinski definition) is 3. The van der Waals surface area contributed by atoms with Gasteiger partial charge in [0.05, 0.1) is 25.0 Å². The maximum absolute atomic E-state index is 12.9. The molecule has 1 heterocycles. The lowest BCUT2D eigenvalue weighted by atomic mass is 9.77. The van der Waals surface area contributed by atoms with E-state index >= 15 is 0 Å². The summed E-state index contributed by atoms with van der Waals surface area (Å²) in [4.78, 5) is 48.9. The van der Waals surface area contributed by atoms with Crippen molar-refractivity contribution in [2.24, 2.45) is 46.7 Å². The largest absolute Gasteiger partial charge is 0.469 e. The minimum Gasteiger partial charge on any atom is -0.469 e. The molecule has 2 aliphatic rings. The van der Waals surface area contributed by atoms with E-state index in [0.29, 0.717) is 42.4 Å². The standard InChI is InChI=1S/C30H55N3O3.C10H17NO2/c1-13-20(5)26-18-33(28(22(7)34)25(26)14-2)21(6)29(30(9,10)11)32-23(8)31-24(17-19(3)4)15-16-27(35)36-12;1-2-8(9(12)10(11)13)6-7-4-3-5-7/h19-20,24-26,28-29,31-32H,6,8,13-18H2,1-5,7,9-12H3;7-8H,2-6H2,1H3,(H2,11,13)/t20?,24-,25+,26-,28?,29?;/m1./s1. The average molecular weight is 689 g/mol. The summed E-state index contributed by atoms with van der Waals surface area (Å²) in [7, 11) is 1.43. The van der Waals surface area contributed by atoms with Gasteiger partial charge in [0.1, 0.15) is 0 Å². The number of carbonyl (C=O) groups is 4. The fourth-order valence-electron chi connectivity index (χ4n) is 7.62. The van der Waals surface area contributed by atoms with Crippen LogP contribution in [-0.4, -0.2) is 60.1 Å². The number of rotatable bonds is 20. The van der Waals surface area contributed by atoms with Crippen molar-refractivity contribution in [3.05, 3.63) is 24.7 Å². The van der Waals surface area contributed by atoms with E-state index < -0.39 is 5.91 Å². The Morgan fingerprint density at radius 3 is 2.02 bits per heavy atom. The summed E-state index contributed by atoms with van der Waals surface area (Å²) in [5.74, 6) is 1.97. The Hall–Kier alpha value is -2.84. The fraction of sp³-hybridized carbons (Fsp3) is 0.800. The Kier molecular flexibility index (Phi) is 18.7. The maximum Gasteiger partial charge on any atom is 0.305 e. The van der Waals surface area contributed by atoms with E-state index in [0.717, 1.165) is 50.2 Å². The number of nitrogens with one attached hydrogen (secondary N) is 2. The number of ether oxygens (including phenoxy) is 1. The van der Waals surface area contributed by atoms with Crippen LogP contribution in [0.3, 0.4) is 0 Å². The zero-order valence-electron chi connectivity index (χ0n) is 33.0. The molecule has 9 heteroatoms. The summed E-state index contributed by atoms with van der Waals surface area (Å²) >= 11 is 0. The first-order valence-corrected chi connectivity index (χ1v) is 18.9. The van der Waals surface area contributed by atoms with Crippen LogP contribution in [0.15, 0.2) is 24.7 Å². The summed E-state index contributed by atoms with van der Waals surface area (Å²) in [6.07, 6.45) is 9.35. The van der Waals surface area contributed by atoms with Gasteiger partial charge in [-0.3, -0.25) is 19.2 Å². The van der Waals surface area contributed by atoms with Crippen LogP contribution in [0.2, 0.25) is 0 Å². The second-order valence-electron chi connectivity index (χ2n) is 16.2. The number of nitrogens with two attached hydrogens (primary N) is 1. The highest BCUT2D eigenvalue weighted by Crippen LogP contribution is 2.42. The number of ketones is 2. The van der Waals surface area contributed by atoms with Crippen LogP contribution in [0.5, 0.6) is 0 Å². The molecule has 49 heavy (non-hydrogen) atoms. The Balaban J connectivity index is 0.000000767. The van der Waals surface area contributed by atoms with Gasteiger partial charge in [0.15, 0.2) is 5.78 Å². The summed E-state index contributed by atoms with van der Waals surface area (Å²) in [6, 6.07) is -0.134. The van der Waals surface area contributed by atoms with Gasteiger partial charge in [0.2, 0.25) is 5.78 Å². The predicted molar refractivity (Wildman–Crippen MR) is 200 cm³/mol. The summed E-state index contributed by atoms with van der Waals surface area (Å²) in [5, 5.41) is 7.14. The van der Waals surface area contributed by atoms with E-state index in [2.05, 4.69) is 84.1 Å². The zero-order chi connectivity index (χ0) is 37.6. The smallest absolute Gasteiger partial charge is 0.305 e. The average Bonchev–Trinajstić information content (AvgIpc) is 3.40. The molecule has 7 atom stereocenters. The van der Waals surface area contributed by atoms with Crippen molar-refractivity contribution in [2.75, 3.05) is 13.7 Å². The van der Waals surface area contributed by atoms with Crippen molar-refractivity contribution >= 4 is 23.4 Å². The molecule has 0 aromatic heterocycles. The van der Waals surface area contributed by atoms with E-state index in [1.165, 1.54) is 26.4 Å². The highest BCUT2D eigenvalue weighted by atomic mass is 16.5. The van der Waals surface area contributed by atoms with Crippen LogP contribution in [0, 0.1) is 40.9 Å². The summed E-state index contributed by atoms with van der Waals surface area (Å²) in [6.45, 7) is 31.0. The highest BCUT2D eigenvalue weighted by Gasteiger charge is 2.47. The monoisotopic (exact) mass is 689 g/mol. The number of likely N-dealkylation sites (tertiary alicyclic amines) is 1. The van der Waals surface area contributed by atoms with Crippen molar-refractivity contribution in [1.82, 2.24) is 15.5 Å². The van der Waals surface area contributed by atoms with Crippen LogP contribution in [0.25, 0.3) is 0 Å². The predicted octanol–water partition coefficient (Wildman–Crippen LogP) is 7.15. The molecular weight excluding hydrogens is 616 g/mol. The third kappa shape index (κ3) is 13.8. The molecule has 1 amide bonds. The van der Waals surface area contributed by atoms with Crippen LogP contribution < -0.4 is 16.4 Å². The van der Waals surface area contributed by atoms with Crippen molar-refractivity contribution in [3.63, 3.8) is 0 Å². The maximum atomic E-state index is 12.9. The number of hydrogen-bond acceptors (Lipinski definition) is 8. The first kappa shape index (κ1) is 44.2. The molecule has 4 N–H and O–H groups in total. The van der Waals surface area contributed by atoms with Gasteiger partial charge in [-0.15, -0.1) is 0 Å². The Bertz CT molecular complexity index is 1110. The Labute approximate surface area is 299 Å². The second-order valence-corrected chi connectivity index (χ2v) is 16.2. The van der Waals surface area contributed by atoms with Gasteiger partial charge < -0.3 is 26.0 Å². The van der Waals surface area contributed by atoms with Crippen molar-refractivity contribution in [1.29, 1.82) is 0 Å². The fourth-order valence-corrected chi connectivity index (χ4v) is 7.62. The minimum atomic E-state index is -0.772. The Morgan fingerprint density at radius 1 is 1.00 bits per heavy atom. The van der Waals surface area contributed by atoms with Gasteiger partial charge in [-0.05, 0) is 67.6 Å². The molecule has 1 saturated heterocycles. The highest BCUT2D eigenvalue weighted by molar-refractivity contribution is 6.36. The molecule has 0 aromatic carbocycles. The van der Waals surface area contributed by atoms with Crippen molar-refractivity contribution in [3.8, 4) is 0 Å². The molecule has 0 bridgehead atoms. The topological polar surface area (TPSA) is 131 Å². The van der Waals surface area contributed by atoms with E-state index in [9.17, 15) is 19.2 Å². The SMILES string of the molecule is C=C(NC(C(=C)N1C[C@H](C(C)CC)[C@H](CC)C1C(C)=O)C(C)(C)C)N[C@H](CCC(=O)OC)CC(C)C.CCC(CC1CCC1)C(=O)C(N)=O. The number of amides is 1. The van der Waals surface area contributed by atoms with Crippen molar-refractivity contribution < 1.29 is 23.9 Å². The van der Waals surface area contributed by atoms with Crippen LogP contribution in [0.1, 0.15) is 133 Å². The molecule has 9 nitrogen and oxygen atoms in total. The summed E-state index contributed by atoms with van der Waals surface area (Å²) in [5.41, 5.74) is 5.75. The molecule has 1 saturated carbocycles. The zero-order valence-corrected chi connectivity index (χ0v) is 33.0. The van der Waals surface area contributed by atoms with Gasteiger partial charge in [-0.1, -0.05) is 108 Å². The van der Waals surface area contributed by atoms with Crippen molar-refractivity contribution in [2.45, 2.75) is 152 Å². The number of carbonyl (C=O) groups excluding carboxylic acids is 4. The van der Waals surface area contributed by atoms with E-state index in [4.69, 9.17) is 10.5 Å². The van der Waals surface area contributed by atoms with Gasteiger partial charge in [-0.25, -0.2) is 0 Å². The lowest BCUT2D eigenvalue weighted by Gasteiger charge is -2.41. The molecule has 4 unspecified atom stereocenters. The molecule has 2 fully saturated rings. The van der Waals surface area contributed by atoms with Gasteiger partial charge in [0.25, 0.3) is 5.91 Å². The number of nitrogens with zero attached hydrogens (tertiary/aromatic N) is 1.